The topological polar surface area (TPSA) is 71.4 Å². The number of anilines is 2. The maximum atomic E-state index is 13.8. The predicted octanol–water partition coefficient (Wildman–Crippen LogP) is 6.57. The molecule has 0 bridgehead atoms. The van der Waals surface area contributed by atoms with Gasteiger partial charge in [0, 0.05) is 34.0 Å². The Hall–Kier alpha value is -4.10. The molecular formula is C31H31N3O3S. The Balaban J connectivity index is 1.50. The van der Waals surface area contributed by atoms with Gasteiger partial charge in [-0.1, -0.05) is 42.0 Å². The van der Waals surface area contributed by atoms with Crippen molar-refractivity contribution in [3.63, 3.8) is 0 Å². The summed E-state index contributed by atoms with van der Waals surface area (Å²) in [6, 6.07) is 26.2. The van der Waals surface area contributed by atoms with Gasteiger partial charge in [0.1, 0.15) is 6.54 Å². The van der Waals surface area contributed by atoms with Crippen LogP contribution in [0.2, 0.25) is 0 Å². The molecule has 0 aliphatic rings. The molecule has 1 heterocycles. The molecule has 0 atom stereocenters. The molecule has 0 saturated carbocycles. The van der Waals surface area contributed by atoms with Gasteiger partial charge in [0.2, 0.25) is 5.91 Å². The monoisotopic (exact) mass is 525 g/mol. The van der Waals surface area contributed by atoms with Gasteiger partial charge in [0.25, 0.3) is 10.0 Å². The van der Waals surface area contributed by atoms with Gasteiger partial charge >= 0.3 is 0 Å². The number of amides is 1. The minimum atomic E-state index is -3.99. The molecule has 38 heavy (non-hydrogen) atoms. The fraction of sp³-hybridized carbons (Fsp3) is 0.194. The third kappa shape index (κ3) is 4.77. The second-order valence-electron chi connectivity index (χ2n) is 9.71. The van der Waals surface area contributed by atoms with Crippen LogP contribution in [0, 0.1) is 20.8 Å². The summed E-state index contributed by atoms with van der Waals surface area (Å²) >= 11 is 0. The number of aryl methyl sites for hydroxylation is 4. The van der Waals surface area contributed by atoms with Crippen LogP contribution in [0.1, 0.15) is 23.6 Å². The highest BCUT2D eigenvalue weighted by Gasteiger charge is 2.27. The zero-order chi connectivity index (χ0) is 27.0. The maximum absolute atomic E-state index is 13.8. The summed E-state index contributed by atoms with van der Waals surface area (Å²) in [7, 11) is -3.99. The lowest BCUT2D eigenvalue weighted by Gasteiger charge is -2.25. The number of para-hydroxylation sites is 1. The Morgan fingerprint density at radius 3 is 2.13 bits per heavy atom. The molecule has 0 radical (unpaired) electrons. The van der Waals surface area contributed by atoms with E-state index < -0.39 is 15.9 Å². The van der Waals surface area contributed by atoms with Crippen LogP contribution in [-0.4, -0.2) is 25.4 Å². The molecule has 0 spiro atoms. The Labute approximate surface area is 223 Å². The number of carbonyl (C=O) groups excluding carboxylic acids is 1. The molecular weight excluding hydrogens is 494 g/mol. The number of fused-ring (bicyclic) bond motifs is 3. The third-order valence-corrected chi connectivity index (χ3v) is 8.55. The highest BCUT2D eigenvalue weighted by molar-refractivity contribution is 7.92. The maximum Gasteiger partial charge on any atom is 0.264 e. The third-order valence-electron chi connectivity index (χ3n) is 6.76. The van der Waals surface area contributed by atoms with Crippen molar-refractivity contribution in [3.05, 3.63) is 102 Å². The van der Waals surface area contributed by atoms with E-state index in [0.29, 0.717) is 11.4 Å². The molecule has 0 aliphatic carbocycles. The van der Waals surface area contributed by atoms with E-state index in [1.54, 1.807) is 36.4 Å². The predicted molar refractivity (Wildman–Crippen MR) is 155 cm³/mol. The van der Waals surface area contributed by atoms with Crippen molar-refractivity contribution in [2.75, 3.05) is 16.2 Å². The molecule has 6 nitrogen and oxygen atoms in total. The Kier molecular flexibility index (Phi) is 6.71. The van der Waals surface area contributed by atoms with Crippen molar-refractivity contribution < 1.29 is 13.2 Å². The zero-order valence-corrected chi connectivity index (χ0v) is 22.8. The van der Waals surface area contributed by atoms with Crippen LogP contribution in [0.25, 0.3) is 21.8 Å². The van der Waals surface area contributed by atoms with Crippen LogP contribution in [-0.2, 0) is 21.4 Å². The molecule has 7 heteroatoms. The van der Waals surface area contributed by atoms with Crippen molar-refractivity contribution in [3.8, 4) is 0 Å². The number of sulfonamides is 1. The van der Waals surface area contributed by atoms with E-state index in [4.69, 9.17) is 0 Å². The molecule has 194 valence electrons. The fourth-order valence-electron chi connectivity index (χ4n) is 5.05. The highest BCUT2D eigenvalue weighted by Crippen LogP contribution is 2.31. The highest BCUT2D eigenvalue weighted by atomic mass is 32.2. The lowest BCUT2D eigenvalue weighted by Crippen LogP contribution is -2.38. The number of hydrogen-bond donors (Lipinski definition) is 1. The van der Waals surface area contributed by atoms with E-state index >= 15 is 0 Å². The zero-order valence-electron chi connectivity index (χ0n) is 22.0. The van der Waals surface area contributed by atoms with Crippen molar-refractivity contribution >= 4 is 49.1 Å². The van der Waals surface area contributed by atoms with E-state index in [2.05, 4.69) is 28.9 Å². The van der Waals surface area contributed by atoms with Crippen LogP contribution in [0.5, 0.6) is 0 Å². The first kappa shape index (κ1) is 25.5. The SMILES string of the molecule is CCn1c2ccccc2c2cc(NC(=O)CN(c3cc(C)cc(C)c3)S(=O)(=O)c3ccc(C)cc3)ccc21. The average Bonchev–Trinajstić information content (AvgIpc) is 3.20. The van der Waals surface area contributed by atoms with Crippen LogP contribution in [0.15, 0.2) is 89.8 Å². The largest absolute Gasteiger partial charge is 0.341 e. The van der Waals surface area contributed by atoms with Crippen LogP contribution >= 0.6 is 0 Å². The van der Waals surface area contributed by atoms with Crippen LogP contribution < -0.4 is 9.62 Å². The minimum absolute atomic E-state index is 0.142. The minimum Gasteiger partial charge on any atom is -0.341 e. The molecule has 0 aliphatic heterocycles. The first-order chi connectivity index (χ1) is 18.2. The lowest BCUT2D eigenvalue weighted by molar-refractivity contribution is -0.114. The van der Waals surface area contributed by atoms with Gasteiger partial charge < -0.3 is 9.88 Å². The normalized spacial score (nSPS) is 11.7. The van der Waals surface area contributed by atoms with Gasteiger partial charge in [0.15, 0.2) is 0 Å². The molecule has 1 aromatic heterocycles. The lowest BCUT2D eigenvalue weighted by atomic mass is 10.1. The second kappa shape index (κ2) is 9.99. The summed E-state index contributed by atoms with van der Waals surface area (Å²) in [5, 5.41) is 5.08. The number of rotatable bonds is 7. The second-order valence-corrected chi connectivity index (χ2v) is 11.6. The van der Waals surface area contributed by atoms with E-state index in [9.17, 15) is 13.2 Å². The van der Waals surface area contributed by atoms with Gasteiger partial charge in [-0.2, -0.15) is 0 Å². The summed E-state index contributed by atoms with van der Waals surface area (Å²) in [6.45, 7) is 8.31. The van der Waals surface area contributed by atoms with Gasteiger partial charge in [-0.05, 0) is 87.4 Å². The van der Waals surface area contributed by atoms with Crippen molar-refractivity contribution in [1.82, 2.24) is 4.57 Å². The summed E-state index contributed by atoms with van der Waals surface area (Å²) in [6.07, 6.45) is 0. The van der Waals surface area contributed by atoms with E-state index in [1.807, 2.05) is 57.2 Å². The molecule has 5 aromatic rings. The molecule has 1 amide bonds. The molecule has 0 fully saturated rings. The number of nitrogens with zero attached hydrogens (tertiary/aromatic N) is 2. The van der Waals surface area contributed by atoms with Gasteiger partial charge in [-0.15, -0.1) is 0 Å². The number of benzene rings is 4. The van der Waals surface area contributed by atoms with Crippen molar-refractivity contribution in [2.24, 2.45) is 0 Å². The molecule has 0 saturated heterocycles. The number of aromatic nitrogens is 1. The Bertz CT molecular complexity index is 1750. The first-order valence-corrected chi connectivity index (χ1v) is 14.1. The van der Waals surface area contributed by atoms with Gasteiger partial charge in [-0.3, -0.25) is 9.10 Å². The van der Waals surface area contributed by atoms with E-state index in [-0.39, 0.29) is 11.4 Å². The van der Waals surface area contributed by atoms with E-state index in [0.717, 1.165) is 45.0 Å². The molecule has 5 rings (SSSR count). The average molecular weight is 526 g/mol. The van der Waals surface area contributed by atoms with Crippen LogP contribution in [0.4, 0.5) is 11.4 Å². The summed E-state index contributed by atoms with van der Waals surface area (Å²) < 4.78 is 30.9. The number of hydrogen-bond acceptors (Lipinski definition) is 3. The van der Waals surface area contributed by atoms with E-state index in [1.165, 1.54) is 4.31 Å². The fourth-order valence-corrected chi connectivity index (χ4v) is 6.45. The van der Waals surface area contributed by atoms with Gasteiger partial charge in [-0.25, -0.2) is 8.42 Å². The molecule has 0 unspecified atom stereocenters. The summed E-state index contributed by atoms with van der Waals surface area (Å²) in [5.41, 5.74) is 6.10. The number of carbonyl (C=O) groups is 1. The summed E-state index contributed by atoms with van der Waals surface area (Å²) in [5.74, 6) is -0.418. The first-order valence-electron chi connectivity index (χ1n) is 12.7. The van der Waals surface area contributed by atoms with Crippen LogP contribution in [0.3, 0.4) is 0 Å². The quantitative estimate of drug-likeness (QED) is 0.261. The summed E-state index contributed by atoms with van der Waals surface area (Å²) in [4.78, 5) is 13.5. The van der Waals surface area contributed by atoms with Crippen molar-refractivity contribution in [1.29, 1.82) is 0 Å². The Morgan fingerprint density at radius 1 is 0.789 bits per heavy atom. The Morgan fingerprint density at radius 2 is 1.45 bits per heavy atom. The van der Waals surface area contributed by atoms with Crippen molar-refractivity contribution in [2.45, 2.75) is 39.1 Å². The number of nitrogens with one attached hydrogen (secondary N) is 1. The molecule has 1 N–H and O–H groups in total. The molecule has 4 aromatic carbocycles. The van der Waals surface area contributed by atoms with Gasteiger partial charge in [0.05, 0.1) is 10.6 Å². The standard InChI is InChI=1S/C31H31N3O3S/c1-5-33-29-9-7-6-8-27(29)28-19-24(12-15-30(28)33)32-31(35)20-34(25-17-22(3)16-23(4)18-25)38(36,37)26-13-10-21(2)11-14-26/h6-19H,5,20H2,1-4H3,(H,32,35). The smallest absolute Gasteiger partial charge is 0.264 e.